The van der Waals surface area contributed by atoms with E-state index in [9.17, 15) is 0 Å². The van der Waals surface area contributed by atoms with Crippen LogP contribution in [0.4, 0.5) is 0 Å². The average Bonchev–Trinajstić information content (AvgIpc) is 2.95. The third-order valence-corrected chi connectivity index (χ3v) is 3.65. The van der Waals surface area contributed by atoms with Crippen LogP contribution in [0.3, 0.4) is 0 Å². The van der Waals surface area contributed by atoms with E-state index in [2.05, 4.69) is 33.0 Å². The van der Waals surface area contributed by atoms with Gasteiger partial charge in [-0.25, -0.2) is 0 Å². The van der Waals surface area contributed by atoms with Crippen LogP contribution in [0.15, 0.2) is 12.3 Å². The number of nitrogens with zero attached hydrogens (tertiary/aromatic N) is 4. The van der Waals surface area contributed by atoms with Gasteiger partial charge in [-0.3, -0.25) is 4.68 Å². The van der Waals surface area contributed by atoms with Crippen LogP contribution in [0.1, 0.15) is 35.7 Å². The zero-order chi connectivity index (χ0) is 13.0. The van der Waals surface area contributed by atoms with E-state index in [1.54, 1.807) is 0 Å². The number of rotatable bonds is 6. The molecule has 5 nitrogen and oxygen atoms in total. The molecule has 0 saturated heterocycles. The van der Waals surface area contributed by atoms with Gasteiger partial charge in [0.2, 0.25) is 0 Å². The van der Waals surface area contributed by atoms with Crippen molar-refractivity contribution in [2.45, 2.75) is 32.7 Å². The normalized spacial score (nSPS) is 12.8. The van der Waals surface area contributed by atoms with Crippen LogP contribution in [0.2, 0.25) is 0 Å². The van der Waals surface area contributed by atoms with Crippen LogP contribution in [-0.2, 0) is 13.5 Å². The fourth-order valence-corrected chi connectivity index (χ4v) is 2.56. The molecule has 0 amide bonds. The van der Waals surface area contributed by atoms with Crippen molar-refractivity contribution in [2.75, 3.05) is 6.54 Å². The van der Waals surface area contributed by atoms with Crippen molar-refractivity contribution < 1.29 is 0 Å². The molecule has 1 atom stereocenters. The first-order valence-electron chi connectivity index (χ1n) is 6.21. The summed E-state index contributed by atoms with van der Waals surface area (Å²) >= 11 is 1.46. The molecular formula is C12H19N5S. The molecule has 0 saturated carbocycles. The van der Waals surface area contributed by atoms with Gasteiger partial charge in [0.25, 0.3) is 0 Å². The third kappa shape index (κ3) is 3.14. The van der Waals surface area contributed by atoms with Gasteiger partial charge in [0.1, 0.15) is 0 Å². The van der Waals surface area contributed by atoms with E-state index < -0.39 is 0 Å². The highest BCUT2D eigenvalue weighted by atomic mass is 32.1. The molecule has 0 bridgehead atoms. The van der Waals surface area contributed by atoms with Crippen molar-refractivity contribution in [2.24, 2.45) is 7.05 Å². The summed E-state index contributed by atoms with van der Waals surface area (Å²) in [4.78, 5) is 1.18. The van der Waals surface area contributed by atoms with Gasteiger partial charge in [0, 0.05) is 19.2 Å². The first-order valence-corrected chi connectivity index (χ1v) is 6.98. The molecule has 2 heterocycles. The van der Waals surface area contributed by atoms with Gasteiger partial charge >= 0.3 is 0 Å². The molecule has 2 aromatic rings. The molecular weight excluding hydrogens is 246 g/mol. The second-order valence-electron chi connectivity index (χ2n) is 4.43. The summed E-state index contributed by atoms with van der Waals surface area (Å²) in [5.74, 6) is 0. The Bertz CT molecular complexity index is 477. The van der Waals surface area contributed by atoms with E-state index in [1.807, 2.05) is 24.9 Å². The quantitative estimate of drug-likeness (QED) is 0.866. The minimum atomic E-state index is 0.278. The SMILES string of the molecule is CCCNC(Cc1cc(C)nn1C)c1cnns1. The maximum absolute atomic E-state index is 4.39. The maximum Gasteiger partial charge on any atom is 0.0669 e. The van der Waals surface area contributed by atoms with Crippen LogP contribution < -0.4 is 5.32 Å². The van der Waals surface area contributed by atoms with Crippen LogP contribution in [0.5, 0.6) is 0 Å². The molecule has 0 aliphatic rings. The van der Waals surface area contributed by atoms with Crippen molar-refractivity contribution in [3.8, 4) is 0 Å². The Balaban J connectivity index is 2.12. The average molecular weight is 265 g/mol. The summed E-state index contributed by atoms with van der Waals surface area (Å²) in [7, 11) is 1.99. The minimum absolute atomic E-state index is 0.278. The molecule has 18 heavy (non-hydrogen) atoms. The standard InChI is InChI=1S/C12H19N5S/c1-4-5-13-11(12-8-14-16-18-12)7-10-6-9(2)15-17(10)3/h6,8,11,13H,4-5,7H2,1-3H3. The summed E-state index contributed by atoms with van der Waals surface area (Å²) in [6.07, 6.45) is 3.88. The second-order valence-corrected chi connectivity index (χ2v) is 5.25. The van der Waals surface area contributed by atoms with E-state index in [0.717, 1.165) is 25.1 Å². The predicted molar refractivity (Wildman–Crippen MR) is 72.6 cm³/mol. The Morgan fingerprint density at radius 1 is 1.50 bits per heavy atom. The highest BCUT2D eigenvalue weighted by Crippen LogP contribution is 2.20. The van der Waals surface area contributed by atoms with Crippen LogP contribution in [-0.4, -0.2) is 25.9 Å². The summed E-state index contributed by atoms with van der Waals surface area (Å²) < 4.78 is 5.90. The molecule has 1 N–H and O–H groups in total. The largest absolute Gasteiger partial charge is 0.309 e. The Morgan fingerprint density at radius 3 is 2.89 bits per heavy atom. The summed E-state index contributed by atoms with van der Waals surface area (Å²) in [5.41, 5.74) is 2.29. The first kappa shape index (κ1) is 13.2. The highest BCUT2D eigenvalue weighted by molar-refractivity contribution is 7.05. The van der Waals surface area contributed by atoms with Gasteiger partial charge in [-0.1, -0.05) is 11.4 Å². The van der Waals surface area contributed by atoms with Crippen molar-refractivity contribution in [3.05, 3.63) is 28.5 Å². The fourth-order valence-electron chi connectivity index (χ4n) is 1.98. The van der Waals surface area contributed by atoms with Crippen LogP contribution in [0.25, 0.3) is 0 Å². The van der Waals surface area contributed by atoms with Crippen molar-refractivity contribution in [1.29, 1.82) is 0 Å². The van der Waals surface area contributed by atoms with Gasteiger partial charge < -0.3 is 5.32 Å². The first-order chi connectivity index (χ1) is 8.70. The van der Waals surface area contributed by atoms with Crippen LogP contribution >= 0.6 is 11.5 Å². The summed E-state index contributed by atoms with van der Waals surface area (Å²) in [6.45, 7) is 5.19. The Morgan fingerprint density at radius 2 is 2.33 bits per heavy atom. The fraction of sp³-hybridized carbons (Fsp3) is 0.583. The monoisotopic (exact) mass is 265 g/mol. The minimum Gasteiger partial charge on any atom is -0.309 e. The zero-order valence-corrected chi connectivity index (χ0v) is 11.9. The topological polar surface area (TPSA) is 55.6 Å². The van der Waals surface area contributed by atoms with Gasteiger partial charge in [0.05, 0.1) is 22.8 Å². The molecule has 0 spiro atoms. The highest BCUT2D eigenvalue weighted by Gasteiger charge is 2.16. The molecule has 6 heteroatoms. The Hall–Kier alpha value is -1.27. The summed E-state index contributed by atoms with van der Waals surface area (Å²) in [5, 5.41) is 11.9. The summed E-state index contributed by atoms with van der Waals surface area (Å²) in [6, 6.07) is 2.41. The van der Waals surface area contributed by atoms with Gasteiger partial charge in [-0.2, -0.15) is 5.10 Å². The number of hydrogen-bond acceptors (Lipinski definition) is 5. The molecule has 2 rings (SSSR count). The van der Waals surface area contributed by atoms with Gasteiger partial charge in [-0.15, -0.1) is 5.10 Å². The molecule has 2 aromatic heterocycles. The predicted octanol–water partition coefficient (Wildman–Crippen LogP) is 1.86. The number of aromatic nitrogens is 4. The van der Waals surface area contributed by atoms with E-state index in [-0.39, 0.29) is 6.04 Å². The maximum atomic E-state index is 4.39. The second kappa shape index (κ2) is 6.06. The van der Waals surface area contributed by atoms with E-state index >= 15 is 0 Å². The van der Waals surface area contributed by atoms with E-state index in [4.69, 9.17) is 0 Å². The van der Waals surface area contributed by atoms with Crippen molar-refractivity contribution >= 4 is 11.5 Å². The lowest BCUT2D eigenvalue weighted by molar-refractivity contribution is 0.518. The van der Waals surface area contributed by atoms with E-state index in [0.29, 0.717) is 0 Å². The number of hydrogen-bond donors (Lipinski definition) is 1. The van der Waals surface area contributed by atoms with Crippen molar-refractivity contribution in [3.63, 3.8) is 0 Å². The molecule has 1 unspecified atom stereocenters. The third-order valence-electron chi connectivity index (χ3n) is 2.87. The lowest BCUT2D eigenvalue weighted by Crippen LogP contribution is -2.24. The zero-order valence-electron chi connectivity index (χ0n) is 11.1. The molecule has 0 aromatic carbocycles. The lowest BCUT2D eigenvalue weighted by Gasteiger charge is -2.16. The molecule has 0 fully saturated rings. The molecule has 0 aliphatic carbocycles. The molecule has 0 radical (unpaired) electrons. The Labute approximate surface area is 111 Å². The molecule has 98 valence electrons. The van der Waals surface area contributed by atoms with E-state index in [1.165, 1.54) is 22.1 Å². The van der Waals surface area contributed by atoms with Crippen LogP contribution in [0, 0.1) is 6.92 Å². The number of aryl methyl sites for hydroxylation is 2. The lowest BCUT2D eigenvalue weighted by atomic mass is 10.1. The van der Waals surface area contributed by atoms with Gasteiger partial charge in [-0.05, 0) is 37.5 Å². The molecule has 0 aliphatic heterocycles. The smallest absolute Gasteiger partial charge is 0.0669 e. The van der Waals surface area contributed by atoms with Crippen molar-refractivity contribution in [1.82, 2.24) is 24.7 Å². The Kier molecular flexibility index (Phi) is 4.43. The number of nitrogens with one attached hydrogen (secondary N) is 1. The van der Waals surface area contributed by atoms with Gasteiger partial charge in [0.15, 0.2) is 0 Å².